The van der Waals surface area contributed by atoms with Crippen LogP contribution in [0, 0.1) is 0 Å². The minimum absolute atomic E-state index is 0.547. The van der Waals surface area contributed by atoms with E-state index in [2.05, 4.69) is 32.3 Å². The molecular formula is C22H26N4O3. The Morgan fingerprint density at radius 3 is 2.24 bits per heavy atom. The van der Waals surface area contributed by atoms with Crippen LogP contribution in [-0.4, -0.2) is 45.4 Å². The summed E-state index contributed by atoms with van der Waals surface area (Å²) in [5.41, 5.74) is 3.99. The summed E-state index contributed by atoms with van der Waals surface area (Å²) in [4.78, 5) is 10.8. The standard InChI is InChI=1S/C22H26N4O3/c1-26(2)17-8-6-7-16(11-17)18-12-21(25-14-24-18)23-13-15-9-19(27-3)22(29-5)20(10-15)28-4/h6-12,14H,13H2,1-5H3,(H,23,24,25). The van der Waals surface area contributed by atoms with Crippen molar-refractivity contribution in [1.29, 1.82) is 0 Å². The Bertz CT molecular complexity index is 951. The maximum absolute atomic E-state index is 5.42. The van der Waals surface area contributed by atoms with Crippen molar-refractivity contribution < 1.29 is 14.2 Å². The zero-order chi connectivity index (χ0) is 20.8. The van der Waals surface area contributed by atoms with E-state index in [4.69, 9.17) is 14.2 Å². The number of benzene rings is 2. The number of anilines is 2. The maximum Gasteiger partial charge on any atom is 0.203 e. The second-order valence-corrected chi connectivity index (χ2v) is 6.62. The molecule has 2 aromatic carbocycles. The van der Waals surface area contributed by atoms with Crippen LogP contribution in [0.1, 0.15) is 5.56 Å². The first-order valence-corrected chi connectivity index (χ1v) is 9.18. The lowest BCUT2D eigenvalue weighted by atomic mass is 10.1. The van der Waals surface area contributed by atoms with Crippen molar-refractivity contribution >= 4 is 11.5 Å². The van der Waals surface area contributed by atoms with Crippen molar-refractivity contribution in [2.24, 2.45) is 0 Å². The lowest BCUT2D eigenvalue weighted by Crippen LogP contribution is -2.08. The lowest BCUT2D eigenvalue weighted by Gasteiger charge is -2.15. The number of nitrogens with zero attached hydrogens (tertiary/aromatic N) is 3. The molecule has 7 nitrogen and oxygen atoms in total. The van der Waals surface area contributed by atoms with Gasteiger partial charge >= 0.3 is 0 Å². The molecule has 29 heavy (non-hydrogen) atoms. The Labute approximate surface area is 171 Å². The molecular weight excluding hydrogens is 368 g/mol. The topological polar surface area (TPSA) is 68.7 Å². The SMILES string of the molecule is COc1cc(CNc2cc(-c3cccc(N(C)C)c3)ncn2)cc(OC)c1OC. The molecule has 1 heterocycles. The number of hydrogen-bond donors (Lipinski definition) is 1. The predicted molar refractivity (Wildman–Crippen MR) is 115 cm³/mol. The fourth-order valence-corrected chi connectivity index (χ4v) is 2.99. The minimum atomic E-state index is 0.547. The number of rotatable bonds is 8. The predicted octanol–water partition coefficient (Wildman–Crippen LogP) is 3.85. The number of aromatic nitrogens is 2. The molecule has 0 spiro atoms. The van der Waals surface area contributed by atoms with E-state index >= 15 is 0 Å². The third-order valence-corrected chi connectivity index (χ3v) is 4.52. The van der Waals surface area contributed by atoms with Crippen LogP contribution in [0.25, 0.3) is 11.3 Å². The molecule has 0 saturated heterocycles. The van der Waals surface area contributed by atoms with Gasteiger partial charge in [0.1, 0.15) is 12.1 Å². The molecule has 7 heteroatoms. The Hall–Kier alpha value is -3.48. The van der Waals surface area contributed by atoms with Crippen LogP contribution >= 0.6 is 0 Å². The lowest BCUT2D eigenvalue weighted by molar-refractivity contribution is 0.324. The van der Waals surface area contributed by atoms with Gasteiger partial charge in [-0.25, -0.2) is 9.97 Å². The van der Waals surface area contributed by atoms with Crippen LogP contribution in [0.3, 0.4) is 0 Å². The van der Waals surface area contributed by atoms with Crippen LogP contribution in [0.5, 0.6) is 17.2 Å². The highest BCUT2D eigenvalue weighted by molar-refractivity contribution is 5.67. The number of hydrogen-bond acceptors (Lipinski definition) is 7. The summed E-state index contributed by atoms with van der Waals surface area (Å²) in [6.45, 7) is 0.547. The van der Waals surface area contributed by atoms with E-state index in [1.807, 2.05) is 44.4 Å². The van der Waals surface area contributed by atoms with Gasteiger partial charge in [0.05, 0.1) is 27.0 Å². The van der Waals surface area contributed by atoms with Crippen molar-refractivity contribution in [3.63, 3.8) is 0 Å². The largest absolute Gasteiger partial charge is 0.493 e. The van der Waals surface area contributed by atoms with E-state index in [9.17, 15) is 0 Å². The number of methoxy groups -OCH3 is 3. The van der Waals surface area contributed by atoms with E-state index in [1.54, 1.807) is 27.7 Å². The average Bonchev–Trinajstić information content (AvgIpc) is 2.77. The van der Waals surface area contributed by atoms with Crippen LogP contribution < -0.4 is 24.4 Å². The molecule has 0 radical (unpaired) electrons. The van der Waals surface area contributed by atoms with Crippen molar-refractivity contribution in [3.8, 4) is 28.5 Å². The van der Waals surface area contributed by atoms with Crippen LogP contribution in [0.15, 0.2) is 48.8 Å². The van der Waals surface area contributed by atoms with Crippen LogP contribution in [0.2, 0.25) is 0 Å². The Morgan fingerprint density at radius 2 is 1.62 bits per heavy atom. The second kappa shape index (κ2) is 9.14. The third-order valence-electron chi connectivity index (χ3n) is 4.52. The average molecular weight is 394 g/mol. The van der Waals surface area contributed by atoms with E-state index in [-0.39, 0.29) is 0 Å². The monoisotopic (exact) mass is 394 g/mol. The molecule has 1 N–H and O–H groups in total. The first kappa shape index (κ1) is 20.3. The molecule has 0 fully saturated rings. The van der Waals surface area contributed by atoms with Crippen molar-refractivity contribution in [3.05, 3.63) is 54.4 Å². The number of ether oxygens (including phenoxy) is 3. The molecule has 0 atom stereocenters. The highest BCUT2D eigenvalue weighted by Crippen LogP contribution is 2.38. The smallest absolute Gasteiger partial charge is 0.203 e. The van der Waals surface area contributed by atoms with Gasteiger partial charge in [-0.1, -0.05) is 12.1 Å². The van der Waals surface area contributed by atoms with Gasteiger partial charge in [0.25, 0.3) is 0 Å². The summed E-state index contributed by atoms with van der Waals surface area (Å²) < 4.78 is 16.2. The Balaban J connectivity index is 1.80. The summed E-state index contributed by atoms with van der Waals surface area (Å²) in [6, 6.07) is 14.0. The Morgan fingerprint density at radius 1 is 0.897 bits per heavy atom. The normalized spacial score (nSPS) is 10.4. The molecule has 0 aliphatic carbocycles. The summed E-state index contributed by atoms with van der Waals surface area (Å²) in [7, 11) is 8.83. The molecule has 3 aromatic rings. The molecule has 0 amide bonds. The van der Waals surface area contributed by atoms with Gasteiger partial charge in [0.2, 0.25) is 5.75 Å². The number of nitrogens with one attached hydrogen (secondary N) is 1. The van der Waals surface area contributed by atoms with Crippen LogP contribution in [0.4, 0.5) is 11.5 Å². The quantitative estimate of drug-likeness (QED) is 0.622. The zero-order valence-corrected chi connectivity index (χ0v) is 17.4. The molecule has 152 valence electrons. The third kappa shape index (κ3) is 4.68. The second-order valence-electron chi connectivity index (χ2n) is 6.62. The van der Waals surface area contributed by atoms with E-state index < -0.39 is 0 Å². The zero-order valence-electron chi connectivity index (χ0n) is 17.4. The van der Waals surface area contributed by atoms with Crippen molar-refractivity contribution in [2.75, 3.05) is 45.6 Å². The molecule has 0 unspecified atom stereocenters. The first-order chi connectivity index (χ1) is 14.0. The fourth-order valence-electron chi connectivity index (χ4n) is 2.99. The highest BCUT2D eigenvalue weighted by atomic mass is 16.5. The minimum Gasteiger partial charge on any atom is -0.493 e. The molecule has 0 aliphatic heterocycles. The fraction of sp³-hybridized carbons (Fsp3) is 0.273. The van der Waals surface area contributed by atoms with Gasteiger partial charge in [-0.15, -0.1) is 0 Å². The van der Waals surface area contributed by atoms with Gasteiger partial charge in [-0.3, -0.25) is 0 Å². The van der Waals surface area contributed by atoms with Crippen LogP contribution in [-0.2, 0) is 6.54 Å². The van der Waals surface area contributed by atoms with Gasteiger partial charge in [0, 0.05) is 38.0 Å². The van der Waals surface area contributed by atoms with E-state index in [1.165, 1.54) is 0 Å². The van der Waals surface area contributed by atoms with Crippen molar-refractivity contribution in [1.82, 2.24) is 9.97 Å². The van der Waals surface area contributed by atoms with Gasteiger partial charge in [-0.05, 0) is 29.8 Å². The van der Waals surface area contributed by atoms with Gasteiger partial charge < -0.3 is 24.4 Å². The molecule has 0 bridgehead atoms. The van der Waals surface area contributed by atoms with Gasteiger partial charge in [0.15, 0.2) is 11.5 Å². The summed E-state index contributed by atoms with van der Waals surface area (Å²) in [5.74, 6) is 2.54. The Kier molecular flexibility index (Phi) is 6.39. The van der Waals surface area contributed by atoms with Crippen molar-refractivity contribution in [2.45, 2.75) is 6.54 Å². The van der Waals surface area contributed by atoms with E-state index in [0.717, 1.165) is 28.3 Å². The van der Waals surface area contributed by atoms with E-state index in [0.29, 0.717) is 23.8 Å². The first-order valence-electron chi connectivity index (χ1n) is 9.18. The summed E-state index contributed by atoms with van der Waals surface area (Å²) in [5, 5.41) is 3.34. The highest BCUT2D eigenvalue weighted by Gasteiger charge is 2.13. The summed E-state index contributed by atoms with van der Waals surface area (Å²) in [6.07, 6.45) is 1.56. The molecule has 0 saturated carbocycles. The summed E-state index contributed by atoms with van der Waals surface area (Å²) >= 11 is 0. The molecule has 0 aliphatic rings. The molecule has 3 rings (SSSR count). The molecule has 1 aromatic heterocycles. The van der Waals surface area contributed by atoms with Gasteiger partial charge in [-0.2, -0.15) is 0 Å². The maximum atomic E-state index is 5.42.